The third-order valence-corrected chi connectivity index (χ3v) is 3.19. The van der Waals surface area contributed by atoms with E-state index in [1.807, 2.05) is 31.4 Å². The molecule has 0 amide bonds. The molecule has 0 spiro atoms. The fraction of sp³-hybridized carbons (Fsp3) is 0.357. The molecule has 1 aromatic heterocycles. The molecule has 18 heavy (non-hydrogen) atoms. The third kappa shape index (κ3) is 2.92. The summed E-state index contributed by atoms with van der Waals surface area (Å²) in [6, 6.07) is 7.92. The zero-order valence-corrected chi connectivity index (χ0v) is 11.5. The average Bonchev–Trinajstić information content (AvgIpc) is 2.72. The second-order valence-corrected chi connectivity index (χ2v) is 4.72. The molecule has 0 saturated carbocycles. The van der Waals surface area contributed by atoms with Crippen LogP contribution in [-0.2, 0) is 19.5 Å². The minimum absolute atomic E-state index is 0.771. The van der Waals surface area contributed by atoms with Crippen molar-refractivity contribution >= 4 is 11.6 Å². The van der Waals surface area contributed by atoms with Gasteiger partial charge in [-0.15, -0.1) is 0 Å². The lowest BCUT2D eigenvalue weighted by Gasteiger charge is -2.08. The van der Waals surface area contributed by atoms with E-state index >= 15 is 0 Å². The molecule has 0 atom stereocenters. The van der Waals surface area contributed by atoms with Crippen molar-refractivity contribution in [3.63, 3.8) is 0 Å². The van der Waals surface area contributed by atoms with E-state index in [0.29, 0.717) is 0 Å². The van der Waals surface area contributed by atoms with E-state index in [1.165, 1.54) is 16.8 Å². The molecule has 2 rings (SSSR count). The number of nitrogens with one attached hydrogen (secondary N) is 1. The summed E-state index contributed by atoms with van der Waals surface area (Å²) < 4.78 is 2.05. The van der Waals surface area contributed by atoms with Crippen LogP contribution in [0.1, 0.15) is 23.7 Å². The second kappa shape index (κ2) is 6.03. The zero-order chi connectivity index (χ0) is 13.0. The van der Waals surface area contributed by atoms with Gasteiger partial charge in [0, 0.05) is 22.8 Å². The van der Waals surface area contributed by atoms with Crippen molar-refractivity contribution in [2.45, 2.75) is 26.4 Å². The first-order valence-corrected chi connectivity index (χ1v) is 6.55. The molecule has 3 nitrogen and oxygen atoms in total. The summed E-state index contributed by atoms with van der Waals surface area (Å²) in [5, 5.41) is 8.41. The van der Waals surface area contributed by atoms with Gasteiger partial charge in [0.05, 0.1) is 12.7 Å². The monoisotopic (exact) mass is 263 g/mol. The van der Waals surface area contributed by atoms with Crippen molar-refractivity contribution < 1.29 is 0 Å². The molecule has 0 aliphatic rings. The SMILES string of the molecule is CCc1c(CNC)cnn1Cc1cccc(Cl)c1. The number of benzene rings is 1. The van der Waals surface area contributed by atoms with Gasteiger partial charge in [0.25, 0.3) is 0 Å². The maximum absolute atomic E-state index is 6.00. The van der Waals surface area contributed by atoms with Gasteiger partial charge >= 0.3 is 0 Å². The highest BCUT2D eigenvalue weighted by atomic mass is 35.5. The Hall–Kier alpha value is -1.32. The number of halogens is 1. The van der Waals surface area contributed by atoms with Crippen LogP contribution >= 0.6 is 11.6 Å². The Morgan fingerprint density at radius 2 is 2.22 bits per heavy atom. The van der Waals surface area contributed by atoms with E-state index in [4.69, 9.17) is 11.6 Å². The first-order valence-electron chi connectivity index (χ1n) is 6.17. The Kier molecular flexibility index (Phi) is 4.39. The van der Waals surface area contributed by atoms with Crippen molar-refractivity contribution in [3.05, 3.63) is 52.3 Å². The van der Waals surface area contributed by atoms with E-state index in [1.54, 1.807) is 0 Å². The van der Waals surface area contributed by atoms with Gasteiger partial charge in [0.1, 0.15) is 0 Å². The smallest absolute Gasteiger partial charge is 0.0663 e. The summed E-state index contributed by atoms with van der Waals surface area (Å²) in [6.07, 6.45) is 2.93. The first kappa shape index (κ1) is 13.1. The van der Waals surface area contributed by atoms with Crippen molar-refractivity contribution in [2.75, 3.05) is 7.05 Å². The predicted octanol–water partition coefficient (Wildman–Crippen LogP) is 2.87. The van der Waals surface area contributed by atoms with Crippen molar-refractivity contribution in [1.29, 1.82) is 0 Å². The standard InChI is InChI=1S/C14H18ClN3/c1-3-14-12(8-16-2)9-17-18(14)10-11-5-4-6-13(15)7-11/h4-7,9,16H,3,8,10H2,1-2H3. The molecule has 0 radical (unpaired) electrons. The van der Waals surface area contributed by atoms with Crippen LogP contribution in [0.15, 0.2) is 30.5 Å². The van der Waals surface area contributed by atoms with Crippen LogP contribution in [0.4, 0.5) is 0 Å². The van der Waals surface area contributed by atoms with Crippen LogP contribution in [0, 0.1) is 0 Å². The van der Waals surface area contributed by atoms with Gasteiger partial charge in [-0.3, -0.25) is 4.68 Å². The molecule has 0 unspecified atom stereocenters. The molecule has 0 aliphatic carbocycles. The third-order valence-electron chi connectivity index (χ3n) is 2.96. The van der Waals surface area contributed by atoms with Gasteiger partial charge in [-0.05, 0) is 31.2 Å². The lowest BCUT2D eigenvalue weighted by Crippen LogP contribution is -2.10. The van der Waals surface area contributed by atoms with E-state index in [-0.39, 0.29) is 0 Å². The summed E-state index contributed by atoms with van der Waals surface area (Å²) >= 11 is 6.00. The molecule has 0 aliphatic heterocycles. The Morgan fingerprint density at radius 1 is 1.39 bits per heavy atom. The van der Waals surface area contributed by atoms with Gasteiger partial charge in [-0.2, -0.15) is 5.10 Å². The van der Waals surface area contributed by atoms with E-state index in [9.17, 15) is 0 Å². The maximum Gasteiger partial charge on any atom is 0.0663 e. The van der Waals surface area contributed by atoms with Crippen molar-refractivity contribution in [1.82, 2.24) is 15.1 Å². The molecule has 4 heteroatoms. The molecular weight excluding hydrogens is 246 g/mol. The normalized spacial score (nSPS) is 10.8. The Balaban J connectivity index is 2.23. The van der Waals surface area contributed by atoms with Crippen LogP contribution < -0.4 is 5.32 Å². The molecule has 96 valence electrons. The van der Waals surface area contributed by atoms with E-state index in [0.717, 1.165) is 24.5 Å². The molecule has 1 N–H and O–H groups in total. The first-order chi connectivity index (χ1) is 8.74. The zero-order valence-electron chi connectivity index (χ0n) is 10.8. The number of hydrogen-bond donors (Lipinski definition) is 1. The highest BCUT2D eigenvalue weighted by Gasteiger charge is 2.08. The molecule has 2 aromatic rings. The van der Waals surface area contributed by atoms with Crippen LogP contribution in [0.25, 0.3) is 0 Å². The number of hydrogen-bond acceptors (Lipinski definition) is 2. The molecule has 0 bridgehead atoms. The number of aromatic nitrogens is 2. The van der Waals surface area contributed by atoms with Crippen LogP contribution in [0.5, 0.6) is 0 Å². The Bertz CT molecular complexity index is 520. The lowest BCUT2D eigenvalue weighted by molar-refractivity contribution is 0.645. The van der Waals surface area contributed by atoms with Gasteiger partial charge in [0.2, 0.25) is 0 Å². The maximum atomic E-state index is 6.00. The van der Waals surface area contributed by atoms with E-state index in [2.05, 4.69) is 28.1 Å². The topological polar surface area (TPSA) is 29.9 Å². The van der Waals surface area contributed by atoms with Gasteiger partial charge in [-0.1, -0.05) is 30.7 Å². The fourth-order valence-electron chi connectivity index (χ4n) is 2.14. The Morgan fingerprint density at radius 3 is 2.89 bits per heavy atom. The minimum Gasteiger partial charge on any atom is -0.316 e. The predicted molar refractivity (Wildman–Crippen MR) is 74.9 cm³/mol. The van der Waals surface area contributed by atoms with Crippen LogP contribution in [0.3, 0.4) is 0 Å². The highest BCUT2D eigenvalue weighted by molar-refractivity contribution is 6.30. The quantitative estimate of drug-likeness (QED) is 0.899. The summed E-state index contributed by atoms with van der Waals surface area (Å²) in [6.45, 7) is 3.79. The lowest BCUT2D eigenvalue weighted by atomic mass is 10.2. The summed E-state index contributed by atoms with van der Waals surface area (Å²) in [5.41, 5.74) is 3.72. The summed E-state index contributed by atoms with van der Waals surface area (Å²) in [7, 11) is 1.95. The van der Waals surface area contributed by atoms with Crippen molar-refractivity contribution in [3.8, 4) is 0 Å². The molecule has 0 fully saturated rings. The number of rotatable bonds is 5. The number of nitrogens with zero attached hydrogens (tertiary/aromatic N) is 2. The minimum atomic E-state index is 0.771. The summed E-state index contributed by atoms with van der Waals surface area (Å²) in [4.78, 5) is 0. The van der Waals surface area contributed by atoms with Gasteiger partial charge in [0.15, 0.2) is 0 Å². The van der Waals surface area contributed by atoms with Gasteiger partial charge < -0.3 is 5.32 Å². The van der Waals surface area contributed by atoms with Gasteiger partial charge in [-0.25, -0.2) is 0 Å². The fourth-order valence-corrected chi connectivity index (χ4v) is 2.35. The Labute approximate surface area is 113 Å². The molecule has 0 saturated heterocycles. The summed E-state index contributed by atoms with van der Waals surface area (Å²) in [5.74, 6) is 0. The van der Waals surface area contributed by atoms with Crippen LogP contribution in [0.2, 0.25) is 5.02 Å². The molecule has 1 heterocycles. The largest absolute Gasteiger partial charge is 0.316 e. The second-order valence-electron chi connectivity index (χ2n) is 4.29. The highest BCUT2D eigenvalue weighted by Crippen LogP contribution is 2.15. The average molecular weight is 264 g/mol. The molecular formula is C14H18ClN3. The van der Waals surface area contributed by atoms with Crippen molar-refractivity contribution in [2.24, 2.45) is 0 Å². The van der Waals surface area contributed by atoms with E-state index < -0.39 is 0 Å². The molecule has 1 aromatic carbocycles. The van der Waals surface area contributed by atoms with Crippen LogP contribution in [-0.4, -0.2) is 16.8 Å².